The van der Waals surface area contributed by atoms with Crippen LogP contribution >= 0.6 is 11.6 Å². The number of hydrogen-bond acceptors (Lipinski definition) is 4. The number of carbonyl (C=O) groups excluding carboxylic acids is 1. The van der Waals surface area contributed by atoms with E-state index in [0.29, 0.717) is 42.4 Å². The molecule has 1 amide bonds. The Hall–Kier alpha value is -1.93. The van der Waals surface area contributed by atoms with Gasteiger partial charge in [-0.15, -0.1) is 0 Å². The number of amides is 1. The highest BCUT2D eigenvalue weighted by Gasteiger charge is 2.28. The number of nitrogens with one attached hydrogen (secondary N) is 1. The minimum absolute atomic E-state index is 0.0161. The molecule has 6 nitrogen and oxygen atoms in total. The normalized spacial score (nSPS) is 18.9. The number of anilines is 1. The summed E-state index contributed by atoms with van der Waals surface area (Å²) in [4.78, 5) is 14.3. The van der Waals surface area contributed by atoms with Crippen LogP contribution in [0, 0.1) is 0 Å². The van der Waals surface area contributed by atoms with Gasteiger partial charge in [-0.1, -0.05) is 23.7 Å². The lowest BCUT2D eigenvalue weighted by Gasteiger charge is -2.22. The molecule has 0 bridgehead atoms. The second kappa shape index (κ2) is 9.06. The topological polar surface area (TPSA) is 69.7 Å². The zero-order valence-corrected chi connectivity index (χ0v) is 18.4. The van der Waals surface area contributed by atoms with Gasteiger partial charge in [0.2, 0.25) is 15.9 Å². The summed E-state index contributed by atoms with van der Waals surface area (Å²) in [6.07, 6.45) is 2.68. The van der Waals surface area contributed by atoms with E-state index in [4.69, 9.17) is 11.6 Å². The Kier molecular flexibility index (Phi) is 6.43. The van der Waals surface area contributed by atoms with Crippen molar-refractivity contribution >= 4 is 33.2 Å². The molecule has 1 saturated heterocycles. The van der Waals surface area contributed by atoms with Gasteiger partial charge in [0.1, 0.15) is 0 Å². The van der Waals surface area contributed by atoms with Crippen molar-refractivity contribution in [2.75, 3.05) is 31.5 Å². The van der Waals surface area contributed by atoms with Crippen molar-refractivity contribution in [3.05, 3.63) is 58.6 Å². The highest BCUT2D eigenvalue weighted by atomic mass is 35.5. The summed E-state index contributed by atoms with van der Waals surface area (Å²) in [6, 6.07) is 12.8. The van der Waals surface area contributed by atoms with Gasteiger partial charge in [-0.05, 0) is 67.3 Å². The van der Waals surface area contributed by atoms with E-state index in [0.717, 1.165) is 37.2 Å². The molecule has 0 radical (unpaired) electrons. The molecule has 0 atom stereocenters. The predicted molar refractivity (Wildman–Crippen MR) is 118 cm³/mol. The summed E-state index contributed by atoms with van der Waals surface area (Å²) in [5, 5.41) is 3.58. The number of benzene rings is 2. The second-order valence-corrected chi connectivity index (χ2v) is 10.3. The van der Waals surface area contributed by atoms with Gasteiger partial charge in [0.25, 0.3) is 0 Å². The first-order valence-electron chi connectivity index (χ1n) is 10.3. The first-order valence-corrected chi connectivity index (χ1v) is 12.1. The average Bonchev–Trinajstić information content (AvgIpc) is 3.07. The highest BCUT2D eigenvalue weighted by molar-refractivity contribution is 7.89. The maximum absolute atomic E-state index is 13.3. The summed E-state index contributed by atoms with van der Waals surface area (Å²) in [7, 11) is -3.57. The average molecular weight is 448 g/mol. The van der Waals surface area contributed by atoms with Crippen molar-refractivity contribution in [1.82, 2.24) is 9.21 Å². The van der Waals surface area contributed by atoms with Gasteiger partial charge in [0, 0.05) is 43.3 Å². The van der Waals surface area contributed by atoms with E-state index >= 15 is 0 Å². The van der Waals surface area contributed by atoms with Crippen molar-refractivity contribution in [2.24, 2.45) is 0 Å². The van der Waals surface area contributed by atoms with Gasteiger partial charge in [0.05, 0.1) is 4.90 Å². The Morgan fingerprint density at radius 1 is 0.933 bits per heavy atom. The number of nitrogens with zero attached hydrogens (tertiary/aromatic N) is 2. The molecule has 0 saturated carbocycles. The van der Waals surface area contributed by atoms with Gasteiger partial charge in [-0.2, -0.15) is 4.31 Å². The van der Waals surface area contributed by atoms with Crippen LogP contribution < -0.4 is 5.32 Å². The summed E-state index contributed by atoms with van der Waals surface area (Å²) < 4.78 is 28.2. The number of carbonyl (C=O) groups is 1. The van der Waals surface area contributed by atoms with Gasteiger partial charge < -0.3 is 5.32 Å². The Morgan fingerprint density at radius 3 is 2.53 bits per heavy atom. The number of fused-ring (bicyclic) bond motifs is 1. The van der Waals surface area contributed by atoms with Crippen LogP contribution in [0.4, 0.5) is 5.69 Å². The van der Waals surface area contributed by atoms with E-state index in [1.807, 2.05) is 24.3 Å². The van der Waals surface area contributed by atoms with Crippen molar-refractivity contribution in [1.29, 1.82) is 0 Å². The largest absolute Gasteiger partial charge is 0.326 e. The Morgan fingerprint density at radius 2 is 1.73 bits per heavy atom. The van der Waals surface area contributed by atoms with Crippen LogP contribution in [-0.4, -0.2) is 49.7 Å². The lowest BCUT2D eigenvalue weighted by atomic mass is 10.1. The third kappa shape index (κ3) is 4.86. The molecule has 2 aliphatic rings. The van der Waals surface area contributed by atoms with Crippen LogP contribution in [0.3, 0.4) is 0 Å². The van der Waals surface area contributed by atoms with Gasteiger partial charge in [-0.25, -0.2) is 8.42 Å². The zero-order valence-electron chi connectivity index (χ0n) is 16.8. The molecule has 0 unspecified atom stereocenters. The van der Waals surface area contributed by atoms with E-state index in [2.05, 4.69) is 10.2 Å². The molecule has 1 N–H and O–H groups in total. The van der Waals surface area contributed by atoms with E-state index in [-0.39, 0.29) is 5.91 Å². The number of hydrogen-bond donors (Lipinski definition) is 1. The van der Waals surface area contributed by atoms with Crippen molar-refractivity contribution in [3.63, 3.8) is 0 Å². The highest BCUT2D eigenvalue weighted by Crippen LogP contribution is 2.27. The molecule has 1 fully saturated rings. The molecule has 4 rings (SSSR count). The van der Waals surface area contributed by atoms with Crippen LogP contribution in [0.2, 0.25) is 5.02 Å². The predicted octanol–water partition coefficient (Wildman–Crippen LogP) is 3.51. The molecular formula is C22H26ClN3O3S. The summed E-state index contributed by atoms with van der Waals surface area (Å²) in [5.41, 5.74) is 2.78. The number of rotatable bonds is 4. The molecule has 0 aliphatic carbocycles. The summed E-state index contributed by atoms with van der Waals surface area (Å²) in [5.74, 6) is -0.0161. The molecule has 2 aromatic carbocycles. The molecule has 2 heterocycles. The fraction of sp³-hybridized carbons (Fsp3) is 0.409. The molecule has 8 heteroatoms. The van der Waals surface area contributed by atoms with Crippen molar-refractivity contribution in [2.45, 2.75) is 37.1 Å². The molecule has 30 heavy (non-hydrogen) atoms. The first-order chi connectivity index (χ1) is 14.4. The van der Waals surface area contributed by atoms with E-state index in [1.54, 1.807) is 22.5 Å². The summed E-state index contributed by atoms with van der Waals surface area (Å²) >= 11 is 5.96. The SMILES string of the molecule is O=C1CCCc2cc(S(=O)(=O)N3CCCN(Cc4ccc(Cl)cc4)CC3)ccc2N1. The van der Waals surface area contributed by atoms with Crippen LogP contribution in [-0.2, 0) is 27.8 Å². The number of sulfonamides is 1. The van der Waals surface area contributed by atoms with Gasteiger partial charge in [0.15, 0.2) is 0 Å². The van der Waals surface area contributed by atoms with Crippen LogP contribution in [0.5, 0.6) is 0 Å². The smallest absolute Gasteiger partial charge is 0.243 e. The monoisotopic (exact) mass is 447 g/mol. The Labute approximate surface area is 182 Å². The van der Waals surface area contributed by atoms with Crippen LogP contribution in [0.15, 0.2) is 47.4 Å². The maximum atomic E-state index is 13.3. The Bertz CT molecular complexity index is 1020. The van der Waals surface area contributed by atoms with E-state index in [9.17, 15) is 13.2 Å². The minimum Gasteiger partial charge on any atom is -0.326 e. The van der Waals surface area contributed by atoms with Crippen molar-refractivity contribution < 1.29 is 13.2 Å². The molecular weight excluding hydrogens is 422 g/mol. The van der Waals surface area contributed by atoms with Crippen molar-refractivity contribution in [3.8, 4) is 0 Å². The fourth-order valence-corrected chi connectivity index (χ4v) is 5.70. The minimum atomic E-state index is -3.57. The summed E-state index contributed by atoms with van der Waals surface area (Å²) in [6.45, 7) is 3.29. The number of aryl methyl sites for hydroxylation is 1. The lowest BCUT2D eigenvalue weighted by Crippen LogP contribution is -2.35. The molecule has 0 aromatic heterocycles. The molecule has 160 valence electrons. The van der Waals surface area contributed by atoms with Crippen LogP contribution in [0.25, 0.3) is 0 Å². The molecule has 0 spiro atoms. The number of halogens is 1. The van der Waals surface area contributed by atoms with E-state index in [1.165, 1.54) is 5.56 Å². The second-order valence-electron chi connectivity index (χ2n) is 7.88. The zero-order chi connectivity index (χ0) is 21.1. The molecule has 2 aromatic rings. The third-order valence-corrected chi connectivity index (χ3v) is 7.85. The third-order valence-electron chi connectivity index (χ3n) is 5.71. The molecule has 2 aliphatic heterocycles. The van der Waals surface area contributed by atoms with Gasteiger partial charge >= 0.3 is 0 Å². The fourth-order valence-electron chi connectivity index (χ4n) is 4.05. The maximum Gasteiger partial charge on any atom is 0.243 e. The van der Waals surface area contributed by atoms with Crippen LogP contribution in [0.1, 0.15) is 30.4 Å². The standard InChI is InChI=1S/C22H26ClN3O3S/c23-19-7-5-17(6-8-19)16-25-11-2-12-26(14-13-25)30(28,29)20-9-10-21-18(15-20)3-1-4-22(27)24-21/h5-10,15H,1-4,11-14,16H2,(H,24,27). The Balaban J connectivity index is 1.46. The van der Waals surface area contributed by atoms with Gasteiger partial charge in [-0.3, -0.25) is 9.69 Å². The quantitative estimate of drug-likeness (QED) is 0.778. The van der Waals surface area contributed by atoms with E-state index < -0.39 is 10.0 Å². The lowest BCUT2D eigenvalue weighted by molar-refractivity contribution is -0.116. The first kappa shape index (κ1) is 21.3.